The van der Waals surface area contributed by atoms with Gasteiger partial charge >= 0.3 is 5.97 Å². The lowest BCUT2D eigenvalue weighted by Gasteiger charge is -2.12. The topological polar surface area (TPSA) is 84.2 Å². The molecule has 1 unspecified atom stereocenters. The number of benzene rings is 1. The summed E-state index contributed by atoms with van der Waals surface area (Å²) in [7, 11) is 0. The van der Waals surface area contributed by atoms with E-state index in [0.717, 1.165) is 17.7 Å². The zero-order valence-corrected chi connectivity index (χ0v) is 13.8. The van der Waals surface area contributed by atoms with Gasteiger partial charge in [-0.25, -0.2) is 4.68 Å². The number of nitrogens with one attached hydrogen (secondary N) is 1. The molecule has 0 aliphatic heterocycles. The molecule has 1 atom stereocenters. The molecular formula is C18H23N3O3. The highest BCUT2D eigenvalue weighted by Gasteiger charge is 2.17. The van der Waals surface area contributed by atoms with Crippen LogP contribution in [0.3, 0.4) is 0 Å². The number of aromatic nitrogens is 2. The van der Waals surface area contributed by atoms with E-state index in [1.807, 2.05) is 43.5 Å². The SMILES string of the molecule is CCCC(CNC(=O)CCc1cnn(-c2ccccc2)c1)C(=O)O. The van der Waals surface area contributed by atoms with Crippen molar-refractivity contribution in [1.29, 1.82) is 0 Å². The summed E-state index contributed by atoms with van der Waals surface area (Å²) < 4.78 is 1.77. The molecule has 0 aliphatic rings. The first-order chi connectivity index (χ1) is 11.6. The summed E-state index contributed by atoms with van der Waals surface area (Å²) in [6, 6.07) is 9.76. The maximum absolute atomic E-state index is 11.9. The molecule has 6 heteroatoms. The molecule has 2 aromatic rings. The second-order valence-electron chi connectivity index (χ2n) is 5.76. The van der Waals surface area contributed by atoms with Crippen molar-refractivity contribution < 1.29 is 14.7 Å². The third-order valence-electron chi connectivity index (χ3n) is 3.83. The monoisotopic (exact) mass is 329 g/mol. The minimum absolute atomic E-state index is 0.134. The van der Waals surface area contributed by atoms with E-state index in [1.165, 1.54) is 0 Å². The molecule has 0 spiro atoms. The first kappa shape index (κ1) is 17.7. The molecule has 1 aromatic heterocycles. The van der Waals surface area contributed by atoms with Crippen molar-refractivity contribution in [2.45, 2.75) is 32.6 Å². The van der Waals surface area contributed by atoms with Crippen LogP contribution in [0, 0.1) is 5.92 Å². The van der Waals surface area contributed by atoms with Crippen LogP contribution in [-0.4, -0.2) is 33.3 Å². The summed E-state index contributed by atoms with van der Waals surface area (Å²) in [5.41, 5.74) is 1.94. The first-order valence-electron chi connectivity index (χ1n) is 8.18. The normalized spacial score (nSPS) is 11.9. The lowest BCUT2D eigenvalue weighted by Crippen LogP contribution is -2.33. The third-order valence-corrected chi connectivity index (χ3v) is 3.83. The summed E-state index contributed by atoms with van der Waals surface area (Å²) in [5.74, 6) is -1.51. The number of amides is 1. The van der Waals surface area contributed by atoms with Gasteiger partial charge in [0, 0.05) is 19.2 Å². The number of carbonyl (C=O) groups excluding carboxylic acids is 1. The maximum Gasteiger partial charge on any atom is 0.308 e. The Kier molecular flexibility index (Phi) is 6.54. The molecule has 0 aliphatic carbocycles. The van der Waals surface area contributed by atoms with Crippen LogP contribution >= 0.6 is 0 Å². The third kappa shape index (κ3) is 5.22. The second-order valence-corrected chi connectivity index (χ2v) is 5.76. The lowest BCUT2D eigenvalue weighted by atomic mass is 10.0. The molecule has 2 N–H and O–H groups in total. The Morgan fingerprint density at radius 3 is 2.71 bits per heavy atom. The van der Waals surface area contributed by atoms with Crippen LogP contribution in [0.15, 0.2) is 42.7 Å². The number of carboxylic acid groups (broad SMARTS) is 1. The van der Waals surface area contributed by atoms with E-state index in [-0.39, 0.29) is 12.5 Å². The summed E-state index contributed by atoms with van der Waals surface area (Å²) in [6.07, 6.45) is 5.89. The average molecular weight is 329 g/mol. The first-order valence-corrected chi connectivity index (χ1v) is 8.18. The number of carbonyl (C=O) groups is 2. The highest BCUT2D eigenvalue weighted by molar-refractivity contribution is 5.77. The van der Waals surface area contributed by atoms with Crippen molar-refractivity contribution in [2.75, 3.05) is 6.54 Å². The second kappa shape index (κ2) is 8.86. The number of hydrogen-bond donors (Lipinski definition) is 2. The molecule has 0 radical (unpaired) electrons. The number of hydrogen-bond acceptors (Lipinski definition) is 3. The highest BCUT2D eigenvalue weighted by atomic mass is 16.4. The van der Waals surface area contributed by atoms with Gasteiger partial charge in [-0.2, -0.15) is 5.10 Å². The van der Waals surface area contributed by atoms with Crippen molar-refractivity contribution in [3.05, 3.63) is 48.3 Å². The van der Waals surface area contributed by atoms with Crippen LogP contribution in [0.4, 0.5) is 0 Å². The van der Waals surface area contributed by atoms with E-state index in [0.29, 0.717) is 19.3 Å². The van der Waals surface area contributed by atoms with Gasteiger partial charge in [-0.15, -0.1) is 0 Å². The fourth-order valence-corrected chi connectivity index (χ4v) is 2.46. The smallest absolute Gasteiger partial charge is 0.308 e. The van der Waals surface area contributed by atoms with Crippen LogP contribution in [-0.2, 0) is 16.0 Å². The predicted molar refractivity (Wildman–Crippen MR) is 90.9 cm³/mol. The van der Waals surface area contributed by atoms with E-state index in [9.17, 15) is 9.59 Å². The summed E-state index contributed by atoms with van der Waals surface area (Å²) in [4.78, 5) is 22.9. The van der Waals surface area contributed by atoms with Crippen LogP contribution in [0.1, 0.15) is 31.7 Å². The van der Waals surface area contributed by atoms with Gasteiger partial charge in [0.15, 0.2) is 0 Å². The minimum atomic E-state index is -0.860. The van der Waals surface area contributed by atoms with Gasteiger partial charge in [-0.1, -0.05) is 31.5 Å². The Bertz CT molecular complexity index is 667. The van der Waals surface area contributed by atoms with Crippen molar-refractivity contribution in [2.24, 2.45) is 5.92 Å². The number of rotatable bonds is 9. The van der Waals surface area contributed by atoms with Crippen molar-refractivity contribution >= 4 is 11.9 Å². The Labute approximate surface area is 141 Å². The number of carboxylic acids is 1. The Morgan fingerprint density at radius 2 is 2.04 bits per heavy atom. The summed E-state index contributed by atoms with van der Waals surface area (Å²) in [6.45, 7) is 2.12. The van der Waals surface area contributed by atoms with E-state index in [2.05, 4.69) is 10.4 Å². The minimum Gasteiger partial charge on any atom is -0.481 e. The van der Waals surface area contributed by atoms with E-state index >= 15 is 0 Å². The Balaban J connectivity index is 1.80. The molecule has 0 saturated carbocycles. The zero-order valence-electron chi connectivity index (χ0n) is 13.8. The molecule has 2 rings (SSSR count). The molecule has 24 heavy (non-hydrogen) atoms. The quantitative estimate of drug-likeness (QED) is 0.740. The Morgan fingerprint density at radius 1 is 1.29 bits per heavy atom. The number of para-hydroxylation sites is 1. The van der Waals surface area contributed by atoms with E-state index < -0.39 is 11.9 Å². The largest absolute Gasteiger partial charge is 0.481 e. The van der Waals surface area contributed by atoms with Gasteiger partial charge in [0.1, 0.15) is 0 Å². The van der Waals surface area contributed by atoms with E-state index in [1.54, 1.807) is 10.9 Å². The molecule has 1 heterocycles. The van der Waals surface area contributed by atoms with E-state index in [4.69, 9.17) is 5.11 Å². The highest BCUT2D eigenvalue weighted by Crippen LogP contribution is 2.09. The van der Waals surface area contributed by atoms with Gasteiger partial charge in [-0.05, 0) is 30.5 Å². The van der Waals surface area contributed by atoms with Crippen molar-refractivity contribution in [1.82, 2.24) is 15.1 Å². The fourth-order valence-electron chi connectivity index (χ4n) is 2.46. The van der Waals surface area contributed by atoms with Gasteiger partial charge in [-0.3, -0.25) is 9.59 Å². The predicted octanol–water partition coefficient (Wildman–Crippen LogP) is 2.42. The molecule has 6 nitrogen and oxygen atoms in total. The maximum atomic E-state index is 11.9. The molecule has 0 fully saturated rings. The molecule has 0 saturated heterocycles. The number of nitrogens with zero attached hydrogens (tertiary/aromatic N) is 2. The standard InChI is InChI=1S/C18H23N3O3/c1-2-6-15(18(23)24)12-19-17(22)10-9-14-11-20-21(13-14)16-7-4-3-5-8-16/h3-5,7-8,11,13,15H,2,6,9-10,12H2,1H3,(H,19,22)(H,23,24). The summed E-state index contributed by atoms with van der Waals surface area (Å²) >= 11 is 0. The van der Waals surface area contributed by atoms with Gasteiger partial charge in [0.05, 0.1) is 17.8 Å². The lowest BCUT2D eigenvalue weighted by molar-refractivity contribution is -0.141. The van der Waals surface area contributed by atoms with Crippen LogP contribution in [0.2, 0.25) is 0 Å². The van der Waals surface area contributed by atoms with Crippen molar-refractivity contribution in [3.63, 3.8) is 0 Å². The number of aryl methyl sites for hydroxylation is 1. The van der Waals surface area contributed by atoms with Crippen LogP contribution in [0.5, 0.6) is 0 Å². The van der Waals surface area contributed by atoms with Gasteiger partial charge in [0.25, 0.3) is 0 Å². The molecule has 128 valence electrons. The van der Waals surface area contributed by atoms with Gasteiger partial charge < -0.3 is 10.4 Å². The molecular weight excluding hydrogens is 306 g/mol. The van der Waals surface area contributed by atoms with Crippen LogP contribution in [0.25, 0.3) is 5.69 Å². The van der Waals surface area contributed by atoms with Gasteiger partial charge in [0.2, 0.25) is 5.91 Å². The molecule has 1 aromatic carbocycles. The van der Waals surface area contributed by atoms with Crippen LogP contribution < -0.4 is 5.32 Å². The summed E-state index contributed by atoms with van der Waals surface area (Å²) in [5, 5.41) is 16.1. The average Bonchev–Trinajstić information content (AvgIpc) is 3.06. The zero-order chi connectivity index (χ0) is 17.4. The Hall–Kier alpha value is -2.63. The molecule has 1 amide bonds. The van der Waals surface area contributed by atoms with Crippen molar-refractivity contribution in [3.8, 4) is 5.69 Å². The number of aliphatic carboxylic acids is 1. The fraction of sp³-hybridized carbons (Fsp3) is 0.389. The molecule has 0 bridgehead atoms.